The molecule has 4 heteroatoms. The number of halogens is 1. The lowest BCUT2D eigenvalue weighted by molar-refractivity contribution is -0.0962. The lowest BCUT2D eigenvalue weighted by Crippen LogP contribution is -2.40. The molecular formula is C15H22ClNOS. The van der Waals surface area contributed by atoms with Crippen molar-refractivity contribution in [3.8, 4) is 0 Å². The summed E-state index contributed by atoms with van der Waals surface area (Å²) in [6, 6.07) is 0.0765. The van der Waals surface area contributed by atoms with Crippen molar-refractivity contribution in [2.45, 2.75) is 57.1 Å². The number of aryl methyl sites for hydroxylation is 1. The van der Waals surface area contributed by atoms with E-state index in [4.69, 9.17) is 22.1 Å². The Kier molecular flexibility index (Phi) is 3.91. The molecule has 3 rings (SSSR count). The van der Waals surface area contributed by atoms with Gasteiger partial charge in [-0.15, -0.1) is 11.3 Å². The summed E-state index contributed by atoms with van der Waals surface area (Å²) < 4.78 is 6.09. The summed E-state index contributed by atoms with van der Waals surface area (Å²) in [4.78, 5) is 1.17. The lowest BCUT2D eigenvalue weighted by Gasteiger charge is -2.40. The molecule has 0 aromatic carbocycles. The van der Waals surface area contributed by atoms with Crippen molar-refractivity contribution in [2.24, 2.45) is 11.7 Å². The van der Waals surface area contributed by atoms with Crippen molar-refractivity contribution in [1.82, 2.24) is 0 Å². The van der Waals surface area contributed by atoms with Crippen LogP contribution in [0.1, 0.15) is 55.0 Å². The first-order valence-electron chi connectivity index (χ1n) is 7.24. The second-order valence-electron chi connectivity index (χ2n) is 6.11. The molecule has 2 unspecified atom stereocenters. The fourth-order valence-corrected chi connectivity index (χ4v) is 5.04. The van der Waals surface area contributed by atoms with Crippen molar-refractivity contribution in [3.63, 3.8) is 0 Å². The second-order valence-corrected chi connectivity index (χ2v) is 7.40. The van der Waals surface area contributed by atoms with Gasteiger partial charge in [0, 0.05) is 17.5 Å². The minimum absolute atomic E-state index is 0.0765. The van der Waals surface area contributed by atoms with E-state index < -0.39 is 0 Å². The van der Waals surface area contributed by atoms with Gasteiger partial charge in [-0.05, 0) is 49.5 Å². The van der Waals surface area contributed by atoms with E-state index in [1.165, 1.54) is 30.6 Å². The Morgan fingerprint density at radius 2 is 2.21 bits per heavy atom. The Bertz CT molecular complexity index is 453. The van der Waals surface area contributed by atoms with Gasteiger partial charge in [-0.25, -0.2) is 0 Å². The molecule has 2 N–H and O–H groups in total. The van der Waals surface area contributed by atoms with Crippen molar-refractivity contribution < 1.29 is 4.74 Å². The largest absolute Gasteiger partial charge is 0.375 e. The summed E-state index contributed by atoms with van der Waals surface area (Å²) in [5, 5.41) is 2.99. The molecule has 0 bridgehead atoms. The molecule has 106 valence electrons. The van der Waals surface area contributed by atoms with E-state index in [-0.39, 0.29) is 11.6 Å². The van der Waals surface area contributed by atoms with Crippen LogP contribution in [0.4, 0.5) is 0 Å². The third-order valence-corrected chi connectivity index (χ3v) is 6.60. The van der Waals surface area contributed by atoms with Crippen molar-refractivity contribution in [1.29, 1.82) is 0 Å². The maximum absolute atomic E-state index is 6.51. The van der Waals surface area contributed by atoms with Crippen molar-refractivity contribution in [3.05, 3.63) is 20.8 Å². The normalized spacial score (nSPS) is 27.8. The van der Waals surface area contributed by atoms with Gasteiger partial charge in [-0.1, -0.05) is 24.4 Å². The van der Waals surface area contributed by atoms with E-state index in [2.05, 4.69) is 12.3 Å². The summed E-state index contributed by atoms with van der Waals surface area (Å²) >= 11 is 8.08. The van der Waals surface area contributed by atoms with E-state index in [0.29, 0.717) is 5.92 Å². The van der Waals surface area contributed by atoms with Crippen LogP contribution in [-0.4, -0.2) is 12.2 Å². The zero-order valence-corrected chi connectivity index (χ0v) is 13.0. The molecular weight excluding hydrogens is 278 g/mol. The highest BCUT2D eigenvalue weighted by atomic mass is 35.5. The molecule has 1 aliphatic carbocycles. The molecule has 1 spiro atoms. The first kappa shape index (κ1) is 13.9. The first-order chi connectivity index (χ1) is 9.11. The Hall–Kier alpha value is -0.0900. The number of hydrogen-bond donors (Lipinski definition) is 1. The number of rotatable bonds is 2. The van der Waals surface area contributed by atoms with Gasteiger partial charge < -0.3 is 10.5 Å². The van der Waals surface area contributed by atoms with Gasteiger partial charge in [0.15, 0.2) is 0 Å². The number of nitrogens with two attached hydrogens (primary N) is 1. The second kappa shape index (κ2) is 5.36. The monoisotopic (exact) mass is 299 g/mol. The van der Waals surface area contributed by atoms with Gasteiger partial charge in [0.2, 0.25) is 0 Å². The number of hydrogen-bond acceptors (Lipinski definition) is 3. The number of thiophene rings is 1. The van der Waals surface area contributed by atoms with Crippen LogP contribution < -0.4 is 5.73 Å². The van der Waals surface area contributed by atoms with E-state index in [1.807, 2.05) is 0 Å². The lowest BCUT2D eigenvalue weighted by atomic mass is 9.80. The maximum atomic E-state index is 6.51. The van der Waals surface area contributed by atoms with Crippen LogP contribution >= 0.6 is 22.9 Å². The molecule has 2 fully saturated rings. The zero-order chi connectivity index (χ0) is 13.5. The molecule has 2 aliphatic rings. The van der Waals surface area contributed by atoms with Gasteiger partial charge in [-0.3, -0.25) is 0 Å². The molecule has 19 heavy (non-hydrogen) atoms. The average Bonchev–Trinajstić information content (AvgIpc) is 2.98. The van der Waals surface area contributed by atoms with Crippen LogP contribution in [0.2, 0.25) is 5.02 Å². The van der Waals surface area contributed by atoms with Gasteiger partial charge >= 0.3 is 0 Å². The molecule has 2 heterocycles. The van der Waals surface area contributed by atoms with Gasteiger partial charge in [0.25, 0.3) is 0 Å². The predicted octanol–water partition coefficient (Wildman–Crippen LogP) is 4.45. The molecule has 2 nitrogen and oxygen atoms in total. The molecule has 1 aromatic heterocycles. The molecule has 0 radical (unpaired) electrons. The van der Waals surface area contributed by atoms with Crippen LogP contribution in [-0.2, 0) is 4.74 Å². The highest BCUT2D eigenvalue weighted by Crippen LogP contribution is 2.46. The summed E-state index contributed by atoms with van der Waals surface area (Å²) in [5.74, 6) is 0.516. The van der Waals surface area contributed by atoms with Crippen molar-refractivity contribution >= 4 is 22.9 Å². The zero-order valence-electron chi connectivity index (χ0n) is 11.5. The van der Waals surface area contributed by atoms with Crippen molar-refractivity contribution in [2.75, 3.05) is 6.61 Å². The third-order valence-electron chi connectivity index (χ3n) is 4.78. The standard InChI is InChI=1S/C15H22ClNOS/c1-10-9-19-14(12(10)16)13(17)11-4-7-18-15(8-11)5-2-3-6-15/h9,11,13H,2-8,17H2,1H3. The van der Waals surface area contributed by atoms with Crippen LogP contribution in [0.25, 0.3) is 0 Å². The molecule has 0 amide bonds. The maximum Gasteiger partial charge on any atom is 0.0686 e. The number of ether oxygens (including phenoxy) is 1. The van der Waals surface area contributed by atoms with Crippen LogP contribution in [0.3, 0.4) is 0 Å². The molecule has 1 saturated carbocycles. The topological polar surface area (TPSA) is 35.2 Å². The fraction of sp³-hybridized carbons (Fsp3) is 0.733. The Labute approximate surface area is 124 Å². The Morgan fingerprint density at radius 3 is 2.84 bits per heavy atom. The molecule has 1 aromatic rings. The average molecular weight is 300 g/mol. The first-order valence-corrected chi connectivity index (χ1v) is 8.50. The summed E-state index contributed by atoms with van der Waals surface area (Å²) in [6.07, 6.45) is 7.22. The third kappa shape index (κ3) is 2.58. The van der Waals surface area contributed by atoms with Gasteiger partial charge in [-0.2, -0.15) is 0 Å². The van der Waals surface area contributed by atoms with E-state index in [1.54, 1.807) is 11.3 Å². The molecule has 1 aliphatic heterocycles. The van der Waals surface area contributed by atoms with Gasteiger partial charge in [0.05, 0.1) is 10.6 Å². The highest BCUT2D eigenvalue weighted by Gasteiger charge is 2.42. The highest BCUT2D eigenvalue weighted by molar-refractivity contribution is 7.10. The minimum Gasteiger partial charge on any atom is -0.375 e. The predicted molar refractivity (Wildman–Crippen MR) is 80.9 cm³/mol. The Balaban J connectivity index is 1.76. The van der Waals surface area contributed by atoms with Crippen LogP contribution in [0, 0.1) is 12.8 Å². The van der Waals surface area contributed by atoms with Crippen LogP contribution in [0.15, 0.2) is 5.38 Å². The summed E-state index contributed by atoms with van der Waals surface area (Å²) in [7, 11) is 0. The van der Waals surface area contributed by atoms with E-state index >= 15 is 0 Å². The van der Waals surface area contributed by atoms with Crippen LogP contribution in [0.5, 0.6) is 0 Å². The van der Waals surface area contributed by atoms with E-state index in [0.717, 1.165) is 30.0 Å². The fourth-order valence-electron chi connectivity index (χ4n) is 3.63. The van der Waals surface area contributed by atoms with Gasteiger partial charge in [0.1, 0.15) is 0 Å². The van der Waals surface area contributed by atoms with E-state index in [9.17, 15) is 0 Å². The quantitative estimate of drug-likeness (QED) is 0.875. The molecule has 2 atom stereocenters. The smallest absolute Gasteiger partial charge is 0.0686 e. The Morgan fingerprint density at radius 1 is 1.47 bits per heavy atom. The minimum atomic E-state index is 0.0765. The summed E-state index contributed by atoms with van der Waals surface area (Å²) in [6.45, 7) is 2.91. The summed E-state index contributed by atoms with van der Waals surface area (Å²) in [5.41, 5.74) is 7.80. The molecule has 1 saturated heterocycles. The SMILES string of the molecule is Cc1csc(C(N)C2CCOC3(CCCC3)C2)c1Cl.